The van der Waals surface area contributed by atoms with E-state index < -0.39 is 11.7 Å². The van der Waals surface area contributed by atoms with Crippen molar-refractivity contribution in [2.45, 2.75) is 72.1 Å². The molecule has 0 N–H and O–H groups in total. The molecule has 0 heterocycles. The highest BCUT2D eigenvalue weighted by molar-refractivity contribution is 5.53. The predicted molar refractivity (Wildman–Crippen MR) is 129 cm³/mol. The van der Waals surface area contributed by atoms with Crippen molar-refractivity contribution in [1.82, 2.24) is 0 Å². The monoisotopic (exact) mass is 454 g/mol. The second-order valence-corrected chi connectivity index (χ2v) is 9.05. The van der Waals surface area contributed by atoms with E-state index in [1.165, 1.54) is 17.7 Å². The molecule has 3 aromatic rings. The number of benzene rings is 3. The highest BCUT2D eigenvalue weighted by Crippen LogP contribution is 2.40. The molecular formula is C29H33F3O. The Morgan fingerprint density at radius 3 is 2.15 bits per heavy atom. The van der Waals surface area contributed by atoms with Crippen molar-refractivity contribution >= 4 is 0 Å². The van der Waals surface area contributed by atoms with Gasteiger partial charge in [0.05, 0.1) is 11.7 Å². The van der Waals surface area contributed by atoms with Crippen molar-refractivity contribution in [2.75, 3.05) is 0 Å². The van der Waals surface area contributed by atoms with Gasteiger partial charge in [-0.15, -0.1) is 0 Å². The molecule has 3 aromatic carbocycles. The zero-order valence-electron chi connectivity index (χ0n) is 20.1. The minimum atomic E-state index is -4.36. The fourth-order valence-corrected chi connectivity index (χ4v) is 4.32. The second-order valence-electron chi connectivity index (χ2n) is 9.05. The summed E-state index contributed by atoms with van der Waals surface area (Å²) < 4.78 is 46.3. The molecule has 0 aromatic heterocycles. The van der Waals surface area contributed by atoms with E-state index in [-0.39, 0.29) is 12.0 Å². The van der Waals surface area contributed by atoms with Crippen LogP contribution in [-0.2, 0) is 19.0 Å². The summed E-state index contributed by atoms with van der Waals surface area (Å²) in [4.78, 5) is 0. The maximum Gasteiger partial charge on any atom is 0.416 e. The van der Waals surface area contributed by atoms with Crippen molar-refractivity contribution in [3.8, 4) is 5.75 Å². The predicted octanol–water partition coefficient (Wildman–Crippen LogP) is 8.44. The molecule has 1 unspecified atom stereocenters. The first-order valence-electron chi connectivity index (χ1n) is 11.6. The van der Waals surface area contributed by atoms with Crippen LogP contribution in [-0.4, -0.2) is 6.10 Å². The largest absolute Gasteiger partial charge is 0.490 e. The van der Waals surface area contributed by atoms with Crippen LogP contribution in [0.5, 0.6) is 5.75 Å². The van der Waals surface area contributed by atoms with E-state index in [0.717, 1.165) is 46.9 Å². The fourth-order valence-electron chi connectivity index (χ4n) is 4.32. The summed E-state index contributed by atoms with van der Waals surface area (Å²) in [6.45, 7) is 10.3. The molecule has 0 saturated carbocycles. The third kappa shape index (κ3) is 6.19. The Hall–Kier alpha value is -2.75. The molecule has 3 rings (SSSR count). The van der Waals surface area contributed by atoms with Crippen LogP contribution in [0.4, 0.5) is 13.2 Å². The SMILES string of the molecule is CCC(Cc1ccccc1)c1cc(C)c(C)c(Cc2cccc(C(F)(F)F)c2)c1OC(C)C. The minimum absolute atomic E-state index is 0.0413. The van der Waals surface area contributed by atoms with Crippen molar-refractivity contribution in [2.24, 2.45) is 0 Å². The molecule has 0 spiro atoms. The van der Waals surface area contributed by atoms with Gasteiger partial charge in [0.1, 0.15) is 5.75 Å². The van der Waals surface area contributed by atoms with E-state index in [1.807, 2.05) is 39.0 Å². The van der Waals surface area contributed by atoms with E-state index in [0.29, 0.717) is 12.0 Å². The lowest BCUT2D eigenvalue weighted by atomic mass is 9.84. The van der Waals surface area contributed by atoms with Crippen LogP contribution in [0, 0.1) is 13.8 Å². The van der Waals surface area contributed by atoms with Gasteiger partial charge < -0.3 is 4.74 Å². The second kappa shape index (κ2) is 10.5. The molecule has 1 nitrogen and oxygen atoms in total. The Morgan fingerprint density at radius 2 is 1.55 bits per heavy atom. The van der Waals surface area contributed by atoms with E-state index in [1.54, 1.807) is 6.07 Å². The number of hydrogen-bond acceptors (Lipinski definition) is 1. The average molecular weight is 455 g/mol. The third-order valence-electron chi connectivity index (χ3n) is 6.20. The molecule has 4 heteroatoms. The number of rotatable bonds is 8. The van der Waals surface area contributed by atoms with E-state index in [2.05, 4.69) is 32.0 Å². The lowest BCUT2D eigenvalue weighted by Crippen LogP contribution is -2.15. The summed E-state index contributed by atoms with van der Waals surface area (Å²) in [5.41, 5.74) is 5.60. The molecule has 33 heavy (non-hydrogen) atoms. The average Bonchev–Trinajstić information content (AvgIpc) is 2.77. The van der Waals surface area contributed by atoms with Crippen LogP contribution < -0.4 is 4.74 Å². The zero-order valence-corrected chi connectivity index (χ0v) is 20.1. The summed E-state index contributed by atoms with van der Waals surface area (Å²) in [5, 5.41) is 0. The molecule has 0 aliphatic carbocycles. The highest BCUT2D eigenvalue weighted by Gasteiger charge is 2.30. The molecule has 0 aliphatic rings. The van der Waals surface area contributed by atoms with Gasteiger partial charge in [-0.25, -0.2) is 0 Å². The van der Waals surface area contributed by atoms with Crippen molar-refractivity contribution in [1.29, 1.82) is 0 Å². The smallest absolute Gasteiger partial charge is 0.416 e. The maximum atomic E-state index is 13.3. The topological polar surface area (TPSA) is 9.23 Å². The summed E-state index contributed by atoms with van der Waals surface area (Å²) >= 11 is 0. The van der Waals surface area contributed by atoms with Crippen LogP contribution in [0.3, 0.4) is 0 Å². The van der Waals surface area contributed by atoms with Gasteiger partial charge in [-0.1, -0.05) is 61.5 Å². The summed E-state index contributed by atoms with van der Waals surface area (Å²) in [6, 6.07) is 18.2. The first-order valence-corrected chi connectivity index (χ1v) is 11.6. The quantitative estimate of drug-likeness (QED) is 0.332. The molecule has 176 valence electrons. The number of halogens is 3. The maximum absolute atomic E-state index is 13.3. The van der Waals surface area contributed by atoms with Gasteiger partial charge in [-0.2, -0.15) is 13.2 Å². The molecule has 1 atom stereocenters. The Kier molecular flexibility index (Phi) is 7.88. The minimum Gasteiger partial charge on any atom is -0.490 e. The fraction of sp³-hybridized carbons (Fsp3) is 0.379. The Balaban J connectivity index is 2.10. The normalized spacial score (nSPS) is 12.8. The summed E-state index contributed by atoms with van der Waals surface area (Å²) in [6.07, 6.45) is -2.18. The van der Waals surface area contributed by atoms with Gasteiger partial charge in [0.2, 0.25) is 0 Å². The van der Waals surface area contributed by atoms with Crippen LogP contribution >= 0.6 is 0 Å². The molecule has 0 aliphatic heterocycles. The Bertz CT molecular complexity index is 1070. The lowest BCUT2D eigenvalue weighted by Gasteiger charge is -2.26. The van der Waals surface area contributed by atoms with Gasteiger partial charge >= 0.3 is 6.18 Å². The number of aryl methyl sites for hydroxylation is 1. The first-order chi connectivity index (χ1) is 15.6. The number of hydrogen-bond donors (Lipinski definition) is 0. The highest BCUT2D eigenvalue weighted by atomic mass is 19.4. The number of alkyl halides is 3. The van der Waals surface area contributed by atoms with Crippen LogP contribution in [0.1, 0.15) is 72.1 Å². The van der Waals surface area contributed by atoms with Gasteiger partial charge in [-0.3, -0.25) is 0 Å². The van der Waals surface area contributed by atoms with Crippen LogP contribution in [0.25, 0.3) is 0 Å². The zero-order chi connectivity index (χ0) is 24.2. The summed E-state index contributed by atoms with van der Waals surface area (Å²) in [7, 11) is 0. The van der Waals surface area contributed by atoms with Crippen molar-refractivity contribution in [3.05, 3.63) is 99.6 Å². The van der Waals surface area contributed by atoms with E-state index in [4.69, 9.17) is 4.74 Å². The molecule has 0 saturated heterocycles. The van der Waals surface area contributed by atoms with Gasteiger partial charge in [0.25, 0.3) is 0 Å². The van der Waals surface area contributed by atoms with Crippen molar-refractivity contribution < 1.29 is 17.9 Å². The lowest BCUT2D eigenvalue weighted by molar-refractivity contribution is -0.137. The van der Waals surface area contributed by atoms with Gasteiger partial charge in [0, 0.05) is 12.0 Å². The molecular weight excluding hydrogens is 421 g/mol. The Labute approximate surface area is 195 Å². The van der Waals surface area contributed by atoms with E-state index >= 15 is 0 Å². The standard InChI is InChI=1S/C29H33F3O/c1-6-24(16-22-11-8-7-9-12-22)27-15-20(4)21(5)26(28(27)33-19(2)3)18-23-13-10-14-25(17-23)29(30,31)32/h7-15,17,19,24H,6,16,18H2,1-5H3. The Morgan fingerprint density at radius 1 is 0.879 bits per heavy atom. The third-order valence-corrected chi connectivity index (χ3v) is 6.20. The molecule has 0 bridgehead atoms. The van der Waals surface area contributed by atoms with Gasteiger partial charge in [0.15, 0.2) is 0 Å². The first kappa shape index (κ1) is 24.9. The number of ether oxygens (including phenoxy) is 1. The van der Waals surface area contributed by atoms with Crippen LogP contribution in [0.15, 0.2) is 60.7 Å². The van der Waals surface area contributed by atoms with Gasteiger partial charge in [-0.05, 0) is 80.3 Å². The van der Waals surface area contributed by atoms with Crippen molar-refractivity contribution in [3.63, 3.8) is 0 Å². The molecule has 0 radical (unpaired) electrons. The van der Waals surface area contributed by atoms with Crippen LogP contribution in [0.2, 0.25) is 0 Å². The molecule has 0 amide bonds. The van der Waals surface area contributed by atoms with E-state index in [9.17, 15) is 13.2 Å². The summed E-state index contributed by atoms with van der Waals surface area (Å²) in [5.74, 6) is 1.08. The molecule has 0 fully saturated rings.